The third-order valence-corrected chi connectivity index (χ3v) is 5.71. The molecule has 0 aliphatic heterocycles. The van der Waals surface area contributed by atoms with Gasteiger partial charge in [0.25, 0.3) is 10.0 Å². The molecule has 0 aliphatic carbocycles. The summed E-state index contributed by atoms with van der Waals surface area (Å²) in [5.74, 6) is -1.33. The summed E-state index contributed by atoms with van der Waals surface area (Å²) in [7, 11) is -2.52. The molecule has 0 saturated carbocycles. The van der Waals surface area contributed by atoms with Gasteiger partial charge in [-0.3, -0.25) is 4.72 Å². The van der Waals surface area contributed by atoms with E-state index in [1.165, 1.54) is 13.2 Å². The van der Waals surface area contributed by atoms with Crippen molar-refractivity contribution >= 4 is 33.3 Å². The molecule has 0 unspecified atom stereocenters. The lowest BCUT2D eigenvalue weighted by molar-refractivity contribution is -0.146. The number of esters is 2. The van der Waals surface area contributed by atoms with Crippen LogP contribution in [0, 0.1) is 6.92 Å². The normalized spacial score (nSPS) is 10.6. The van der Waals surface area contributed by atoms with Gasteiger partial charge in [-0.05, 0) is 50.6 Å². The summed E-state index contributed by atoms with van der Waals surface area (Å²) < 4.78 is 43.5. The SMILES string of the molecule is CCOC(=O)C(=CNc1ccc(C)c(S(=O)(=O)Nc2ccccc2OC)c1)C(=O)OCC. The van der Waals surface area contributed by atoms with Gasteiger partial charge in [0, 0.05) is 11.9 Å². The molecule has 0 saturated heterocycles. The molecular weight excluding hydrogens is 436 g/mol. The van der Waals surface area contributed by atoms with Crippen molar-refractivity contribution in [1.29, 1.82) is 0 Å². The van der Waals surface area contributed by atoms with Crippen molar-refractivity contribution in [2.45, 2.75) is 25.7 Å². The molecule has 2 rings (SSSR count). The average Bonchev–Trinajstić information content (AvgIpc) is 2.75. The zero-order chi connectivity index (χ0) is 23.7. The summed E-state index contributed by atoms with van der Waals surface area (Å²) in [6, 6.07) is 11.2. The maximum atomic E-state index is 13.0. The molecule has 0 atom stereocenters. The number of hydrogen-bond acceptors (Lipinski definition) is 8. The number of aryl methyl sites for hydroxylation is 1. The summed E-state index contributed by atoms with van der Waals surface area (Å²) in [6.07, 6.45) is 1.13. The largest absolute Gasteiger partial charge is 0.495 e. The van der Waals surface area contributed by atoms with Crippen LogP contribution >= 0.6 is 0 Å². The highest BCUT2D eigenvalue weighted by molar-refractivity contribution is 7.92. The molecule has 2 aromatic carbocycles. The first-order valence-corrected chi connectivity index (χ1v) is 11.3. The Morgan fingerprint density at radius 3 is 2.22 bits per heavy atom. The second-order valence-corrected chi connectivity index (χ2v) is 8.08. The lowest BCUT2D eigenvalue weighted by Gasteiger charge is -2.14. The predicted molar refractivity (Wildman–Crippen MR) is 120 cm³/mol. The van der Waals surface area contributed by atoms with E-state index < -0.39 is 22.0 Å². The summed E-state index contributed by atoms with van der Waals surface area (Å²) in [4.78, 5) is 24.2. The van der Waals surface area contributed by atoms with Gasteiger partial charge >= 0.3 is 11.9 Å². The molecule has 0 aromatic heterocycles. The molecule has 32 heavy (non-hydrogen) atoms. The Labute approximate surface area is 187 Å². The molecular formula is C22H26N2O7S. The highest BCUT2D eigenvalue weighted by Crippen LogP contribution is 2.28. The van der Waals surface area contributed by atoms with Gasteiger partial charge in [0.15, 0.2) is 5.57 Å². The van der Waals surface area contributed by atoms with Gasteiger partial charge in [0.1, 0.15) is 5.75 Å². The van der Waals surface area contributed by atoms with Crippen molar-refractivity contribution in [1.82, 2.24) is 0 Å². The first-order valence-electron chi connectivity index (χ1n) is 9.80. The van der Waals surface area contributed by atoms with E-state index in [2.05, 4.69) is 10.0 Å². The second-order valence-electron chi connectivity index (χ2n) is 6.43. The van der Waals surface area contributed by atoms with Crippen LogP contribution in [-0.4, -0.2) is 40.7 Å². The lowest BCUT2D eigenvalue weighted by Crippen LogP contribution is -2.19. The van der Waals surface area contributed by atoms with Crippen molar-refractivity contribution in [3.63, 3.8) is 0 Å². The van der Waals surface area contributed by atoms with E-state index in [1.807, 2.05) is 0 Å². The number of anilines is 2. The van der Waals surface area contributed by atoms with E-state index in [0.717, 1.165) is 6.20 Å². The Morgan fingerprint density at radius 2 is 1.62 bits per heavy atom. The van der Waals surface area contributed by atoms with E-state index >= 15 is 0 Å². The molecule has 0 bridgehead atoms. The fourth-order valence-corrected chi connectivity index (χ4v) is 4.02. The number of sulfonamides is 1. The smallest absolute Gasteiger partial charge is 0.347 e. The van der Waals surface area contributed by atoms with Crippen LogP contribution in [0.25, 0.3) is 0 Å². The monoisotopic (exact) mass is 462 g/mol. The maximum Gasteiger partial charge on any atom is 0.347 e. The summed E-state index contributed by atoms with van der Waals surface area (Å²) in [5.41, 5.74) is 0.783. The van der Waals surface area contributed by atoms with E-state index in [0.29, 0.717) is 22.7 Å². The zero-order valence-corrected chi connectivity index (χ0v) is 19.1. The highest BCUT2D eigenvalue weighted by atomic mass is 32.2. The zero-order valence-electron chi connectivity index (χ0n) is 18.3. The molecule has 9 nitrogen and oxygen atoms in total. The summed E-state index contributed by atoms with van der Waals surface area (Å²) in [6.45, 7) is 5.03. The standard InChI is InChI=1S/C22H26N2O7S/c1-5-30-21(25)17(22(26)31-6-2)14-23-16-12-11-15(3)20(13-16)32(27,28)24-18-9-7-8-10-19(18)29-4/h7-14,23-24H,5-6H2,1-4H3. The van der Waals surface area contributed by atoms with Crippen molar-refractivity contribution < 1.29 is 32.2 Å². The average molecular weight is 463 g/mol. The minimum atomic E-state index is -3.96. The van der Waals surface area contributed by atoms with Gasteiger partial charge in [0.05, 0.1) is 30.9 Å². The quantitative estimate of drug-likeness (QED) is 0.239. The molecule has 0 aliphatic rings. The van der Waals surface area contributed by atoms with Crippen LogP contribution in [0.3, 0.4) is 0 Å². The Bertz CT molecular complexity index is 1090. The van der Waals surface area contributed by atoms with Crippen LogP contribution in [0.5, 0.6) is 5.75 Å². The van der Waals surface area contributed by atoms with Crippen molar-refractivity contribution in [2.75, 3.05) is 30.4 Å². The summed E-state index contributed by atoms with van der Waals surface area (Å²) >= 11 is 0. The number of carbonyl (C=O) groups excluding carboxylic acids is 2. The topological polar surface area (TPSA) is 120 Å². The van der Waals surface area contributed by atoms with Gasteiger partial charge in [-0.1, -0.05) is 18.2 Å². The first kappa shape index (κ1) is 24.7. The fourth-order valence-electron chi connectivity index (χ4n) is 2.68. The molecule has 2 aromatic rings. The number of methoxy groups -OCH3 is 1. The van der Waals surface area contributed by atoms with Crippen molar-refractivity contribution in [3.05, 3.63) is 59.8 Å². The first-order chi connectivity index (χ1) is 15.2. The van der Waals surface area contributed by atoms with Gasteiger partial charge in [-0.25, -0.2) is 18.0 Å². The van der Waals surface area contributed by atoms with Crippen LogP contribution in [0.2, 0.25) is 0 Å². The molecule has 0 spiro atoms. The maximum absolute atomic E-state index is 13.0. The minimum Gasteiger partial charge on any atom is -0.495 e. The lowest BCUT2D eigenvalue weighted by atomic mass is 10.2. The molecule has 0 heterocycles. The van der Waals surface area contributed by atoms with Crippen LogP contribution in [0.15, 0.2) is 59.1 Å². The highest BCUT2D eigenvalue weighted by Gasteiger charge is 2.22. The van der Waals surface area contributed by atoms with Crippen LogP contribution in [0.4, 0.5) is 11.4 Å². The van der Waals surface area contributed by atoms with E-state index in [-0.39, 0.29) is 23.7 Å². The molecule has 0 amide bonds. The predicted octanol–water partition coefficient (Wildman–Crippen LogP) is 3.23. The number of ether oxygens (including phenoxy) is 3. The fraction of sp³-hybridized carbons (Fsp3) is 0.273. The van der Waals surface area contributed by atoms with Gasteiger partial charge in [-0.15, -0.1) is 0 Å². The number of rotatable bonds is 10. The Kier molecular flexibility index (Phi) is 8.65. The molecule has 172 valence electrons. The van der Waals surface area contributed by atoms with Gasteiger partial charge in [0.2, 0.25) is 0 Å². The van der Waals surface area contributed by atoms with Crippen molar-refractivity contribution in [3.8, 4) is 5.75 Å². The second kappa shape index (κ2) is 11.2. The minimum absolute atomic E-state index is 0.00984. The Morgan fingerprint density at radius 1 is 1.00 bits per heavy atom. The Hall–Kier alpha value is -3.53. The molecule has 0 fully saturated rings. The van der Waals surface area contributed by atoms with Crippen molar-refractivity contribution in [2.24, 2.45) is 0 Å². The summed E-state index contributed by atoms with van der Waals surface area (Å²) in [5, 5.41) is 2.77. The third-order valence-electron chi connectivity index (χ3n) is 4.20. The number of para-hydroxylation sites is 2. The van der Waals surface area contributed by atoms with Crippen LogP contribution in [-0.2, 0) is 29.1 Å². The number of benzene rings is 2. The van der Waals surface area contributed by atoms with E-state index in [1.54, 1.807) is 57.2 Å². The van der Waals surface area contributed by atoms with E-state index in [9.17, 15) is 18.0 Å². The molecule has 0 radical (unpaired) electrons. The van der Waals surface area contributed by atoms with E-state index in [4.69, 9.17) is 14.2 Å². The number of carbonyl (C=O) groups is 2. The van der Waals surface area contributed by atoms with Gasteiger partial charge in [-0.2, -0.15) is 0 Å². The number of nitrogens with one attached hydrogen (secondary N) is 2. The molecule has 2 N–H and O–H groups in total. The number of hydrogen-bond donors (Lipinski definition) is 2. The third kappa shape index (κ3) is 6.24. The van der Waals surface area contributed by atoms with Gasteiger partial charge < -0.3 is 19.5 Å². The molecule has 10 heteroatoms. The van der Waals surface area contributed by atoms with Crippen LogP contribution < -0.4 is 14.8 Å². The van der Waals surface area contributed by atoms with Crippen LogP contribution in [0.1, 0.15) is 19.4 Å². The Balaban J connectivity index is 2.35.